The zero-order chi connectivity index (χ0) is 21.3. The lowest BCUT2D eigenvalue weighted by atomic mass is 10.0. The molecule has 0 unspecified atom stereocenters. The Morgan fingerprint density at radius 2 is 2.23 bits per heavy atom. The van der Waals surface area contributed by atoms with Gasteiger partial charge in [0, 0.05) is 24.5 Å². The molecule has 10 heteroatoms. The average molecular weight is 427 g/mol. The van der Waals surface area contributed by atoms with Gasteiger partial charge in [-0.3, -0.25) is 4.79 Å². The molecule has 0 radical (unpaired) electrons. The number of thiophene rings is 1. The molecule has 1 aliphatic heterocycles. The number of carbonyl (C=O) groups excluding carboxylic acids is 1. The summed E-state index contributed by atoms with van der Waals surface area (Å²) in [6.45, 7) is 3.84. The Morgan fingerprint density at radius 1 is 1.40 bits per heavy atom. The fourth-order valence-corrected chi connectivity index (χ4v) is 4.26. The molecule has 1 amide bonds. The van der Waals surface area contributed by atoms with Gasteiger partial charge in [0.05, 0.1) is 17.1 Å². The smallest absolute Gasteiger partial charge is 0.261 e. The number of nitrogens with zero attached hydrogens (tertiary/aromatic N) is 4. The number of nitrogens with one attached hydrogen (secondary N) is 1. The highest BCUT2D eigenvalue weighted by Crippen LogP contribution is 2.34. The quantitative estimate of drug-likeness (QED) is 0.475. The molecular formula is C20H22N6O3S. The van der Waals surface area contributed by atoms with Gasteiger partial charge in [-0.1, -0.05) is 11.2 Å². The second-order valence-corrected chi connectivity index (χ2v) is 7.72. The SMILES string of the molecule is CCNC(=O)c1cc2c(/C(=N\OC)c3ccc4c(c3)OCCN4C)nc(N)nc2s1. The largest absolute Gasteiger partial charge is 0.490 e. The highest BCUT2D eigenvalue weighted by molar-refractivity contribution is 7.20. The van der Waals surface area contributed by atoms with Crippen molar-refractivity contribution in [3.63, 3.8) is 0 Å². The van der Waals surface area contributed by atoms with Crippen LogP contribution in [0.25, 0.3) is 10.2 Å². The Kier molecular flexibility index (Phi) is 5.40. The predicted molar refractivity (Wildman–Crippen MR) is 118 cm³/mol. The molecule has 156 valence electrons. The highest BCUT2D eigenvalue weighted by atomic mass is 32.1. The van der Waals surface area contributed by atoms with Crippen molar-refractivity contribution in [2.75, 3.05) is 44.5 Å². The van der Waals surface area contributed by atoms with Crippen LogP contribution in [-0.4, -0.2) is 55.4 Å². The molecule has 9 nitrogen and oxygen atoms in total. The molecule has 2 aromatic heterocycles. The van der Waals surface area contributed by atoms with Gasteiger partial charge in [-0.05, 0) is 25.1 Å². The van der Waals surface area contributed by atoms with Gasteiger partial charge in [-0.2, -0.15) is 0 Å². The number of rotatable bonds is 5. The van der Waals surface area contributed by atoms with Crippen molar-refractivity contribution >= 4 is 44.8 Å². The van der Waals surface area contributed by atoms with Crippen molar-refractivity contribution in [3.8, 4) is 5.75 Å². The lowest BCUT2D eigenvalue weighted by Crippen LogP contribution is -2.28. The van der Waals surface area contributed by atoms with Gasteiger partial charge in [0.1, 0.15) is 35.7 Å². The van der Waals surface area contributed by atoms with Crippen molar-refractivity contribution in [2.45, 2.75) is 6.92 Å². The van der Waals surface area contributed by atoms with E-state index in [0.29, 0.717) is 39.7 Å². The topological polar surface area (TPSA) is 115 Å². The minimum atomic E-state index is -0.166. The lowest BCUT2D eigenvalue weighted by Gasteiger charge is -2.28. The zero-order valence-electron chi connectivity index (χ0n) is 16.9. The Morgan fingerprint density at radius 3 is 3.00 bits per heavy atom. The van der Waals surface area contributed by atoms with Crippen LogP contribution in [0.1, 0.15) is 27.9 Å². The number of ether oxygens (including phenoxy) is 1. The van der Waals surface area contributed by atoms with Gasteiger partial charge in [-0.15, -0.1) is 11.3 Å². The second kappa shape index (κ2) is 8.15. The number of fused-ring (bicyclic) bond motifs is 2. The van der Waals surface area contributed by atoms with Crippen LogP contribution in [0.15, 0.2) is 29.4 Å². The summed E-state index contributed by atoms with van der Waals surface area (Å²) < 4.78 is 5.83. The molecule has 0 spiro atoms. The van der Waals surface area contributed by atoms with Crippen LogP contribution in [0.5, 0.6) is 5.75 Å². The van der Waals surface area contributed by atoms with Crippen LogP contribution in [-0.2, 0) is 4.84 Å². The van der Waals surface area contributed by atoms with E-state index in [4.69, 9.17) is 15.3 Å². The summed E-state index contributed by atoms with van der Waals surface area (Å²) in [5.41, 5.74) is 8.71. The van der Waals surface area contributed by atoms with Crippen LogP contribution in [0.2, 0.25) is 0 Å². The number of nitrogens with two attached hydrogens (primary N) is 1. The van der Waals surface area contributed by atoms with Gasteiger partial charge in [-0.25, -0.2) is 9.97 Å². The summed E-state index contributed by atoms with van der Waals surface area (Å²) in [6.07, 6.45) is 0. The number of nitrogen functional groups attached to an aromatic ring is 1. The first-order valence-corrected chi connectivity index (χ1v) is 10.3. The van der Waals surface area contributed by atoms with Gasteiger partial charge in [0.2, 0.25) is 5.95 Å². The van der Waals surface area contributed by atoms with E-state index in [0.717, 1.165) is 23.5 Å². The minimum absolute atomic E-state index is 0.0968. The number of carbonyl (C=O) groups is 1. The maximum absolute atomic E-state index is 12.3. The molecule has 0 saturated heterocycles. The van der Waals surface area contributed by atoms with E-state index < -0.39 is 0 Å². The Bertz CT molecular complexity index is 1140. The van der Waals surface area contributed by atoms with E-state index in [2.05, 4.69) is 25.3 Å². The van der Waals surface area contributed by atoms with Crippen LogP contribution < -0.4 is 20.7 Å². The number of amides is 1. The first-order valence-electron chi connectivity index (χ1n) is 9.47. The number of hydrogen-bond donors (Lipinski definition) is 2. The van der Waals surface area contributed by atoms with Gasteiger partial charge < -0.3 is 25.5 Å². The van der Waals surface area contributed by atoms with E-state index in [-0.39, 0.29) is 11.9 Å². The van der Waals surface area contributed by atoms with Crippen LogP contribution in [0.3, 0.4) is 0 Å². The summed E-state index contributed by atoms with van der Waals surface area (Å²) >= 11 is 1.26. The summed E-state index contributed by atoms with van der Waals surface area (Å²) in [4.78, 5) is 29.4. The molecule has 0 saturated carbocycles. The highest BCUT2D eigenvalue weighted by Gasteiger charge is 2.22. The number of anilines is 2. The van der Waals surface area contributed by atoms with E-state index >= 15 is 0 Å². The van der Waals surface area contributed by atoms with Crippen molar-refractivity contribution < 1.29 is 14.4 Å². The van der Waals surface area contributed by atoms with Gasteiger partial charge >= 0.3 is 0 Å². The molecule has 0 atom stereocenters. The fourth-order valence-electron chi connectivity index (χ4n) is 3.31. The fraction of sp³-hybridized carbons (Fsp3) is 0.300. The van der Waals surface area contributed by atoms with E-state index in [1.165, 1.54) is 18.4 Å². The van der Waals surface area contributed by atoms with E-state index in [1.807, 2.05) is 32.2 Å². The first-order chi connectivity index (χ1) is 14.5. The number of benzene rings is 1. The maximum Gasteiger partial charge on any atom is 0.261 e. The molecule has 1 aliphatic rings. The summed E-state index contributed by atoms with van der Waals surface area (Å²) in [5.74, 6) is 0.691. The zero-order valence-corrected chi connectivity index (χ0v) is 17.7. The van der Waals surface area contributed by atoms with Crippen molar-refractivity contribution in [1.82, 2.24) is 15.3 Å². The van der Waals surface area contributed by atoms with E-state index in [1.54, 1.807) is 6.07 Å². The molecule has 3 N–H and O–H groups in total. The van der Waals surface area contributed by atoms with Crippen LogP contribution in [0, 0.1) is 0 Å². The minimum Gasteiger partial charge on any atom is -0.490 e. The van der Waals surface area contributed by atoms with Gasteiger partial charge in [0.15, 0.2) is 0 Å². The Labute approximate surface area is 177 Å². The third kappa shape index (κ3) is 3.61. The molecular weight excluding hydrogens is 404 g/mol. The Balaban J connectivity index is 1.85. The van der Waals surface area contributed by atoms with Crippen molar-refractivity contribution in [1.29, 1.82) is 0 Å². The standard InChI is InChI=1S/C20H22N6O3S/c1-4-22-18(27)15-10-12-17(23-20(21)24-19(12)30-15)16(25-28-3)11-5-6-13-14(9-11)29-8-7-26(13)2/h5-6,9-10H,4,7-8H2,1-3H3,(H,22,27)(H2,21,23,24)/b25-16-. The number of aromatic nitrogens is 2. The predicted octanol–water partition coefficient (Wildman–Crippen LogP) is 2.25. The molecule has 1 aromatic carbocycles. The normalized spacial score (nSPS) is 13.7. The monoisotopic (exact) mass is 426 g/mol. The molecule has 30 heavy (non-hydrogen) atoms. The number of hydrogen-bond acceptors (Lipinski definition) is 9. The number of likely N-dealkylation sites (N-methyl/N-ethyl adjacent to an activating group) is 1. The summed E-state index contributed by atoms with van der Waals surface area (Å²) in [5, 5.41) is 7.70. The molecule has 0 bridgehead atoms. The Hall–Kier alpha value is -3.40. The number of oxime groups is 1. The lowest BCUT2D eigenvalue weighted by molar-refractivity contribution is 0.0960. The van der Waals surface area contributed by atoms with Crippen molar-refractivity contribution in [3.05, 3.63) is 40.4 Å². The van der Waals surface area contributed by atoms with Crippen LogP contribution >= 0.6 is 11.3 Å². The maximum atomic E-state index is 12.3. The van der Waals surface area contributed by atoms with Gasteiger partial charge in [0.25, 0.3) is 5.91 Å². The molecule has 0 fully saturated rings. The molecule has 4 rings (SSSR count). The van der Waals surface area contributed by atoms with Crippen LogP contribution in [0.4, 0.5) is 11.6 Å². The van der Waals surface area contributed by atoms with E-state index in [9.17, 15) is 4.79 Å². The molecule has 3 heterocycles. The third-order valence-electron chi connectivity index (χ3n) is 4.71. The second-order valence-electron chi connectivity index (χ2n) is 6.69. The average Bonchev–Trinajstić information content (AvgIpc) is 3.16. The third-order valence-corrected chi connectivity index (χ3v) is 5.73. The van der Waals surface area contributed by atoms with Crippen molar-refractivity contribution in [2.24, 2.45) is 5.16 Å². The summed E-state index contributed by atoms with van der Waals surface area (Å²) in [6, 6.07) is 7.57. The summed E-state index contributed by atoms with van der Waals surface area (Å²) in [7, 11) is 3.49. The first kappa shape index (κ1) is 19.9. The molecule has 3 aromatic rings. The molecule has 0 aliphatic carbocycles.